The number of ketones is 1. The smallest absolute Gasteiger partial charge is 0.186 e. The van der Waals surface area contributed by atoms with E-state index >= 15 is 0 Å². The zero-order valence-electron chi connectivity index (χ0n) is 22.1. The average molecular weight is 579 g/mol. The highest BCUT2D eigenvalue weighted by molar-refractivity contribution is 6.02. The largest absolute Gasteiger partial charge is 0.508 e. The molecule has 1 saturated heterocycles. The van der Waals surface area contributed by atoms with E-state index in [4.69, 9.17) is 18.9 Å². The van der Waals surface area contributed by atoms with Crippen LogP contribution in [0, 0.1) is 5.92 Å². The van der Waals surface area contributed by atoms with Crippen molar-refractivity contribution in [3.05, 3.63) is 47.5 Å². The number of phenols is 2. The van der Waals surface area contributed by atoms with E-state index in [-0.39, 0.29) is 48.0 Å². The number of phenolic OH excluding ortho intramolecular Hbond substituents is 2. The third kappa shape index (κ3) is 5.85. The van der Waals surface area contributed by atoms with Gasteiger partial charge in [0.15, 0.2) is 12.1 Å². The highest BCUT2D eigenvalue weighted by Crippen LogP contribution is 2.43. The molecule has 2 fully saturated rings. The number of fused-ring (bicyclic) bond motifs is 1. The molecule has 0 bridgehead atoms. The summed E-state index contributed by atoms with van der Waals surface area (Å²) in [5.41, 5.74) is 0.615. The fourth-order valence-electron chi connectivity index (χ4n) is 5.46. The second-order valence-electron chi connectivity index (χ2n) is 10.8. The fourth-order valence-corrected chi connectivity index (χ4v) is 5.46. The van der Waals surface area contributed by atoms with Gasteiger partial charge in [-0.05, 0) is 31.0 Å². The lowest BCUT2D eigenvalue weighted by Gasteiger charge is -2.42. The lowest BCUT2D eigenvalue weighted by atomic mass is 9.81. The van der Waals surface area contributed by atoms with Crippen molar-refractivity contribution in [2.45, 2.75) is 81.0 Å². The van der Waals surface area contributed by atoms with Gasteiger partial charge < -0.3 is 59.8 Å². The van der Waals surface area contributed by atoms with Gasteiger partial charge in [0.1, 0.15) is 71.3 Å². The molecule has 13 nitrogen and oxygen atoms in total. The predicted molar refractivity (Wildman–Crippen MR) is 137 cm³/mol. The van der Waals surface area contributed by atoms with E-state index in [0.717, 1.165) is 0 Å². The molecule has 8 N–H and O–H groups in total. The average Bonchev–Trinajstić information content (AvgIpc) is 2.94. The Kier molecular flexibility index (Phi) is 8.41. The molecule has 0 aromatic heterocycles. The Labute approximate surface area is 234 Å². The highest BCUT2D eigenvalue weighted by atomic mass is 16.7. The summed E-state index contributed by atoms with van der Waals surface area (Å²) in [5, 5.41) is 81.9. The lowest BCUT2D eigenvalue weighted by molar-refractivity contribution is -0.299. The van der Waals surface area contributed by atoms with E-state index in [9.17, 15) is 45.6 Å². The number of carbonyl (C=O) groups excluding carboxylic acids is 1. The SMILES string of the molecule is C[C@@H]1O[C@@H](OC[C@H]2C[C@@H](Oc3cc(O)c4c(c3)O[C@H](c3ccc(O)cc3)CC4=O)[C@H](O)[C@@H](O)[C@@H]2O)[C@H](O)[C@H](O)[C@H]1O. The molecule has 0 unspecified atom stereocenters. The van der Waals surface area contributed by atoms with E-state index in [2.05, 4.69) is 0 Å². The predicted octanol–water partition coefficient (Wildman–Crippen LogP) is -0.502. The molecular formula is C28H34O13. The number of hydrogen-bond acceptors (Lipinski definition) is 13. The van der Waals surface area contributed by atoms with Crippen LogP contribution in [0.1, 0.15) is 41.8 Å². The number of benzene rings is 2. The zero-order valence-corrected chi connectivity index (χ0v) is 22.1. The summed E-state index contributed by atoms with van der Waals surface area (Å²) in [4.78, 5) is 12.8. The van der Waals surface area contributed by atoms with Gasteiger partial charge >= 0.3 is 0 Å². The maximum Gasteiger partial charge on any atom is 0.186 e. The van der Waals surface area contributed by atoms with Crippen LogP contribution in [-0.4, -0.2) is 108 Å². The van der Waals surface area contributed by atoms with Crippen molar-refractivity contribution in [2.24, 2.45) is 5.92 Å². The van der Waals surface area contributed by atoms with Gasteiger partial charge in [-0.3, -0.25) is 4.79 Å². The van der Waals surface area contributed by atoms with Gasteiger partial charge in [0.2, 0.25) is 0 Å². The van der Waals surface area contributed by atoms with Gasteiger partial charge in [0, 0.05) is 18.1 Å². The van der Waals surface area contributed by atoms with Crippen LogP contribution in [0.3, 0.4) is 0 Å². The first-order valence-corrected chi connectivity index (χ1v) is 13.3. The number of aliphatic hydroxyl groups is 6. The first-order valence-electron chi connectivity index (χ1n) is 13.3. The van der Waals surface area contributed by atoms with E-state index in [1.807, 2.05) is 0 Å². The molecule has 2 heterocycles. The maximum atomic E-state index is 12.8. The Morgan fingerprint density at radius 1 is 0.878 bits per heavy atom. The van der Waals surface area contributed by atoms with E-state index in [1.165, 1.54) is 31.2 Å². The second kappa shape index (κ2) is 11.7. The monoisotopic (exact) mass is 578 g/mol. The summed E-state index contributed by atoms with van der Waals surface area (Å²) in [6.45, 7) is 1.23. The van der Waals surface area contributed by atoms with Crippen molar-refractivity contribution in [3.8, 4) is 23.0 Å². The molecule has 5 rings (SSSR count). The molecule has 41 heavy (non-hydrogen) atoms. The van der Waals surface area contributed by atoms with E-state index in [1.54, 1.807) is 12.1 Å². The molecule has 13 heteroatoms. The van der Waals surface area contributed by atoms with Crippen LogP contribution in [0.15, 0.2) is 36.4 Å². The molecule has 1 aliphatic carbocycles. The minimum atomic E-state index is -1.63. The standard InChI is InChI=1S/C28H34O13/c1-11-22(32)25(35)27(37)28(39-11)38-10-13-6-20(24(34)26(36)23(13)33)40-15-7-16(30)21-17(31)9-18(41-19(21)8-15)12-2-4-14(29)5-3-12/h2-5,7-8,11,13,18,20,22-30,32-37H,6,9-10H2,1H3/t11-,13+,18-,20+,22-,23+,24-,25+,26-,27+,28+/m0/s1. The van der Waals surface area contributed by atoms with Crippen LogP contribution in [0.5, 0.6) is 23.0 Å². The van der Waals surface area contributed by atoms with Crippen molar-refractivity contribution in [3.63, 3.8) is 0 Å². The van der Waals surface area contributed by atoms with Crippen LogP contribution in [0.25, 0.3) is 0 Å². The van der Waals surface area contributed by atoms with Crippen molar-refractivity contribution < 1.29 is 64.6 Å². The van der Waals surface area contributed by atoms with Crippen LogP contribution in [0.2, 0.25) is 0 Å². The number of carbonyl (C=O) groups is 1. The summed E-state index contributed by atoms with van der Waals surface area (Å²) < 4.78 is 22.9. The minimum absolute atomic E-state index is 0.0223. The minimum Gasteiger partial charge on any atom is -0.508 e. The zero-order chi connectivity index (χ0) is 29.6. The number of Topliss-reactive ketones (excluding diaryl/α,β-unsaturated/α-hetero) is 1. The van der Waals surface area contributed by atoms with Gasteiger partial charge in [-0.25, -0.2) is 0 Å². The normalized spacial score (nSPS) is 37.2. The maximum absolute atomic E-state index is 12.8. The Morgan fingerprint density at radius 3 is 2.27 bits per heavy atom. The Bertz CT molecular complexity index is 1240. The first kappa shape index (κ1) is 29.5. The molecule has 2 aromatic rings. The van der Waals surface area contributed by atoms with Gasteiger partial charge in [-0.15, -0.1) is 0 Å². The van der Waals surface area contributed by atoms with Crippen LogP contribution in [-0.2, 0) is 9.47 Å². The highest BCUT2D eigenvalue weighted by Gasteiger charge is 2.46. The number of aromatic hydroxyl groups is 2. The van der Waals surface area contributed by atoms with Gasteiger partial charge in [0.05, 0.1) is 25.2 Å². The number of aliphatic hydroxyl groups excluding tert-OH is 6. The third-order valence-electron chi connectivity index (χ3n) is 7.91. The summed E-state index contributed by atoms with van der Waals surface area (Å²) >= 11 is 0. The fraction of sp³-hybridized carbons (Fsp3) is 0.536. The molecule has 11 atom stereocenters. The van der Waals surface area contributed by atoms with E-state index < -0.39 is 72.9 Å². The number of rotatable bonds is 6. The Hall–Kier alpha value is -3.01. The van der Waals surface area contributed by atoms with Crippen molar-refractivity contribution in [1.29, 1.82) is 0 Å². The quantitative estimate of drug-likeness (QED) is 0.217. The molecule has 3 aliphatic rings. The third-order valence-corrected chi connectivity index (χ3v) is 7.91. The Morgan fingerprint density at radius 2 is 1.56 bits per heavy atom. The number of ether oxygens (including phenoxy) is 4. The summed E-state index contributed by atoms with van der Waals surface area (Å²) in [6.07, 6.45) is -13.0. The van der Waals surface area contributed by atoms with E-state index in [0.29, 0.717) is 5.56 Å². The van der Waals surface area contributed by atoms with Gasteiger partial charge in [0.25, 0.3) is 0 Å². The summed E-state index contributed by atoms with van der Waals surface area (Å²) in [6, 6.07) is 8.74. The molecule has 2 aromatic carbocycles. The van der Waals surface area contributed by atoms with Crippen molar-refractivity contribution in [1.82, 2.24) is 0 Å². The summed E-state index contributed by atoms with van der Waals surface area (Å²) in [7, 11) is 0. The molecule has 224 valence electrons. The van der Waals surface area contributed by atoms with Crippen LogP contribution >= 0.6 is 0 Å². The van der Waals surface area contributed by atoms with Gasteiger partial charge in [-0.2, -0.15) is 0 Å². The molecule has 1 saturated carbocycles. The molecular weight excluding hydrogens is 544 g/mol. The Balaban J connectivity index is 1.30. The van der Waals surface area contributed by atoms with Crippen molar-refractivity contribution >= 4 is 5.78 Å². The molecule has 2 aliphatic heterocycles. The second-order valence-corrected chi connectivity index (χ2v) is 10.8. The topological polar surface area (TPSA) is 216 Å². The van der Waals surface area contributed by atoms with Crippen LogP contribution < -0.4 is 9.47 Å². The molecule has 0 radical (unpaired) electrons. The molecule has 0 spiro atoms. The van der Waals surface area contributed by atoms with Crippen LogP contribution in [0.4, 0.5) is 0 Å². The first-order chi connectivity index (χ1) is 19.4. The summed E-state index contributed by atoms with van der Waals surface area (Å²) in [5.74, 6) is -1.42. The lowest BCUT2D eigenvalue weighted by Crippen LogP contribution is -2.59. The molecule has 0 amide bonds. The number of hydrogen-bond donors (Lipinski definition) is 8. The van der Waals surface area contributed by atoms with Gasteiger partial charge in [-0.1, -0.05) is 12.1 Å². The van der Waals surface area contributed by atoms with Crippen molar-refractivity contribution in [2.75, 3.05) is 6.61 Å².